The van der Waals surface area contributed by atoms with Gasteiger partial charge in [-0.25, -0.2) is 0 Å². The molecule has 1 aliphatic heterocycles. The minimum absolute atomic E-state index is 0.186. The van der Waals surface area contributed by atoms with Gasteiger partial charge in [0.2, 0.25) is 0 Å². The van der Waals surface area contributed by atoms with E-state index in [9.17, 15) is 9.59 Å². The zero-order valence-corrected chi connectivity index (χ0v) is 12.5. The van der Waals surface area contributed by atoms with Crippen LogP contribution in [0.1, 0.15) is 46.4 Å². The molecule has 2 amide bonds. The number of thioether (sulfide) groups is 1. The van der Waals surface area contributed by atoms with Crippen molar-refractivity contribution < 1.29 is 9.59 Å². The van der Waals surface area contributed by atoms with Gasteiger partial charge < -0.3 is 5.73 Å². The number of rotatable bonds is 7. The zero-order valence-electron chi connectivity index (χ0n) is 11.7. The van der Waals surface area contributed by atoms with E-state index >= 15 is 0 Å². The average molecular weight is 292 g/mol. The Hall–Kier alpha value is -1.49. The van der Waals surface area contributed by atoms with Crippen molar-refractivity contribution in [2.24, 2.45) is 0 Å². The highest BCUT2D eigenvalue weighted by Crippen LogP contribution is 2.25. The van der Waals surface area contributed by atoms with Gasteiger partial charge in [-0.05, 0) is 43.0 Å². The first-order valence-electron chi connectivity index (χ1n) is 6.90. The summed E-state index contributed by atoms with van der Waals surface area (Å²) in [6.07, 6.45) is 6.37. The molecule has 1 aliphatic rings. The summed E-state index contributed by atoms with van der Waals surface area (Å²) >= 11 is 1.85. The first-order valence-corrected chi connectivity index (χ1v) is 8.29. The smallest absolute Gasteiger partial charge is 0.261 e. The van der Waals surface area contributed by atoms with Crippen LogP contribution < -0.4 is 5.73 Å². The number of unbranched alkanes of at least 4 members (excludes halogenated alkanes) is 3. The molecule has 0 bridgehead atoms. The lowest BCUT2D eigenvalue weighted by Crippen LogP contribution is -2.30. The summed E-state index contributed by atoms with van der Waals surface area (Å²) < 4.78 is 0. The van der Waals surface area contributed by atoms with Gasteiger partial charge >= 0.3 is 0 Å². The van der Waals surface area contributed by atoms with Crippen molar-refractivity contribution >= 4 is 29.3 Å². The Morgan fingerprint density at radius 2 is 1.75 bits per heavy atom. The molecule has 0 saturated carbocycles. The number of hydrogen-bond acceptors (Lipinski definition) is 4. The van der Waals surface area contributed by atoms with Crippen LogP contribution in [0.4, 0.5) is 5.69 Å². The van der Waals surface area contributed by atoms with Crippen LogP contribution in [-0.2, 0) is 0 Å². The largest absolute Gasteiger partial charge is 0.399 e. The molecule has 1 heterocycles. The normalized spacial score (nSPS) is 13.9. The topological polar surface area (TPSA) is 63.4 Å². The lowest BCUT2D eigenvalue weighted by atomic mass is 10.1. The SMILES string of the molecule is CSCCCCCCN1C(=O)c2ccc(N)cc2C1=O. The quantitative estimate of drug-likeness (QED) is 0.477. The molecule has 5 heteroatoms. The minimum atomic E-state index is -0.207. The van der Waals surface area contributed by atoms with Crippen LogP contribution in [-0.4, -0.2) is 35.3 Å². The number of imide groups is 1. The third kappa shape index (κ3) is 3.15. The van der Waals surface area contributed by atoms with Crippen molar-refractivity contribution in [2.75, 3.05) is 24.3 Å². The molecule has 0 aromatic heterocycles. The summed E-state index contributed by atoms with van der Waals surface area (Å²) in [5, 5.41) is 0. The van der Waals surface area contributed by atoms with Gasteiger partial charge in [0.15, 0.2) is 0 Å². The molecule has 2 rings (SSSR count). The maximum absolute atomic E-state index is 12.2. The van der Waals surface area contributed by atoms with Crippen molar-refractivity contribution in [3.63, 3.8) is 0 Å². The second kappa shape index (κ2) is 6.79. The van der Waals surface area contributed by atoms with Gasteiger partial charge in [0.1, 0.15) is 0 Å². The molecule has 0 spiro atoms. The third-order valence-corrected chi connectivity index (χ3v) is 4.17. The van der Waals surface area contributed by atoms with Crippen LogP contribution in [0.2, 0.25) is 0 Å². The summed E-state index contributed by atoms with van der Waals surface area (Å²) in [7, 11) is 0. The fourth-order valence-electron chi connectivity index (χ4n) is 2.38. The molecular formula is C15H20N2O2S. The van der Waals surface area contributed by atoms with E-state index in [2.05, 4.69) is 6.26 Å². The molecule has 2 N–H and O–H groups in total. The zero-order chi connectivity index (χ0) is 14.5. The Morgan fingerprint density at radius 3 is 2.50 bits per heavy atom. The lowest BCUT2D eigenvalue weighted by molar-refractivity contribution is 0.0651. The molecule has 0 radical (unpaired) electrons. The number of nitrogens with two attached hydrogens (primary N) is 1. The number of carbonyl (C=O) groups excluding carboxylic acids is 2. The van der Waals surface area contributed by atoms with Crippen molar-refractivity contribution in [3.05, 3.63) is 29.3 Å². The fraction of sp³-hybridized carbons (Fsp3) is 0.467. The molecular weight excluding hydrogens is 272 g/mol. The number of benzene rings is 1. The first-order chi connectivity index (χ1) is 9.65. The van der Waals surface area contributed by atoms with Gasteiger partial charge in [0.05, 0.1) is 11.1 Å². The van der Waals surface area contributed by atoms with Gasteiger partial charge in [-0.15, -0.1) is 0 Å². The molecule has 20 heavy (non-hydrogen) atoms. The van der Waals surface area contributed by atoms with Crippen LogP contribution in [0.15, 0.2) is 18.2 Å². The second-order valence-corrected chi connectivity index (χ2v) is 5.96. The second-order valence-electron chi connectivity index (χ2n) is 4.97. The van der Waals surface area contributed by atoms with Crippen LogP contribution in [0, 0.1) is 0 Å². The van der Waals surface area contributed by atoms with Crippen molar-refractivity contribution in [1.29, 1.82) is 0 Å². The number of nitrogens with zero attached hydrogens (tertiary/aromatic N) is 1. The summed E-state index contributed by atoms with van der Waals surface area (Å²) in [5.41, 5.74) is 7.11. The van der Waals surface area contributed by atoms with E-state index in [0.717, 1.165) is 19.3 Å². The van der Waals surface area contributed by atoms with Gasteiger partial charge in [-0.1, -0.05) is 12.8 Å². The number of amides is 2. The number of anilines is 1. The van der Waals surface area contributed by atoms with E-state index in [1.165, 1.54) is 17.1 Å². The monoisotopic (exact) mass is 292 g/mol. The highest BCUT2D eigenvalue weighted by Gasteiger charge is 2.34. The molecule has 0 atom stereocenters. The minimum Gasteiger partial charge on any atom is -0.399 e. The predicted octanol–water partition coefficient (Wildman–Crippen LogP) is 2.79. The third-order valence-electron chi connectivity index (χ3n) is 3.47. The Labute approximate surface area is 123 Å². The van der Waals surface area contributed by atoms with E-state index in [1.807, 2.05) is 11.8 Å². The molecule has 0 aliphatic carbocycles. The van der Waals surface area contributed by atoms with Crippen molar-refractivity contribution in [3.8, 4) is 0 Å². The van der Waals surface area contributed by atoms with Gasteiger partial charge in [-0.2, -0.15) is 11.8 Å². The first kappa shape index (κ1) is 14.9. The Morgan fingerprint density at radius 1 is 1.05 bits per heavy atom. The summed E-state index contributed by atoms with van der Waals surface area (Å²) in [4.78, 5) is 25.7. The Bertz CT molecular complexity index is 517. The van der Waals surface area contributed by atoms with Crippen LogP contribution in [0.3, 0.4) is 0 Å². The standard InChI is InChI=1S/C15H20N2O2S/c1-20-9-5-3-2-4-8-17-14(18)12-7-6-11(16)10-13(12)15(17)19/h6-7,10H,2-5,8-9,16H2,1H3. The van der Waals surface area contributed by atoms with Crippen LogP contribution >= 0.6 is 11.8 Å². The number of hydrogen-bond donors (Lipinski definition) is 1. The molecule has 108 valence electrons. The fourth-order valence-corrected chi connectivity index (χ4v) is 2.87. The maximum atomic E-state index is 12.2. The average Bonchev–Trinajstić information content (AvgIpc) is 2.67. The van der Waals surface area contributed by atoms with Crippen LogP contribution in [0.5, 0.6) is 0 Å². The Kier molecular flexibility index (Phi) is 5.06. The van der Waals surface area contributed by atoms with Gasteiger partial charge in [0.25, 0.3) is 11.8 Å². The highest BCUT2D eigenvalue weighted by molar-refractivity contribution is 7.98. The number of nitrogen functional groups attached to an aromatic ring is 1. The van der Waals surface area contributed by atoms with E-state index < -0.39 is 0 Å². The van der Waals surface area contributed by atoms with E-state index in [1.54, 1.807) is 18.2 Å². The molecule has 4 nitrogen and oxygen atoms in total. The lowest BCUT2D eigenvalue weighted by Gasteiger charge is -2.13. The molecule has 0 saturated heterocycles. The predicted molar refractivity (Wildman–Crippen MR) is 83.1 cm³/mol. The summed E-state index contributed by atoms with van der Waals surface area (Å²) in [5.74, 6) is 0.780. The van der Waals surface area contributed by atoms with E-state index in [-0.39, 0.29) is 11.8 Å². The van der Waals surface area contributed by atoms with Gasteiger partial charge in [-0.3, -0.25) is 14.5 Å². The summed E-state index contributed by atoms with van der Waals surface area (Å²) in [6.45, 7) is 0.505. The van der Waals surface area contributed by atoms with E-state index in [4.69, 9.17) is 5.73 Å². The molecule has 0 unspecified atom stereocenters. The number of fused-ring (bicyclic) bond motifs is 1. The highest BCUT2D eigenvalue weighted by atomic mass is 32.2. The summed E-state index contributed by atoms with van der Waals surface area (Å²) in [6, 6.07) is 4.90. The van der Waals surface area contributed by atoms with Crippen molar-refractivity contribution in [1.82, 2.24) is 4.90 Å². The molecule has 1 aromatic rings. The number of carbonyl (C=O) groups is 2. The molecule has 0 fully saturated rings. The maximum Gasteiger partial charge on any atom is 0.261 e. The van der Waals surface area contributed by atoms with E-state index in [0.29, 0.717) is 23.4 Å². The van der Waals surface area contributed by atoms with Gasteiger partial charge in [0, 0.05) is 12.2 Å². The Balaban J connectivity index is 1.89. The molecule has 1 aromatic carbocycles. The van der Waals surface area contributed by atoms with Crippen LogP contribution in [0.25, 0.3) is 0 Å². The van der Waals surface area contributed by atoms with Crippen molar-refractivity contribution in [2.45, 2.75) is 25.7 Å².